The zero-order chi connectivity index (χ0) is 21.5. The van der Waals surface area contributed by atoms with Gasteiger partial charge in [0.25, 0.3) is 5.91 Å². The number of piperidine rings is 1. The number of benzene rings is 1. The molecule has 1 fully saturated rings. The summed E-state index contributed by atoms with van der Waals surface area (Å²) in [6, 6.07) is 8.22. The van der Waals surface area contributed by atoms with Crippen LogP contribution in [-0.2, 0) is 9.53 Å². The van der Waals surface area contributed by atoms with E-state index in [-0.39, 0.29) is 12.5 Å². The van der Waals surface area contributed by atoms with Crippen molar-refractivity contribution >= 4 is 23.5 Å². The number of esters is 1. The largest absolute Gasteiger partial charge is 0.467 e. The Kier molecular flexibility index (Phi) is 7.21. The predicted molar refractivity (Wildman–Crippen MR) is 114 cm³/mol. The number of amides is 1. The Morgan fingerprint density at radius 3 is 2.53 bits per heavy atom. The Bertz CT molecular complexity index is 877. The van der Waals surface area contributed by atoms with Crippen LogP contribution in [0.4, 0.5) is 11.6 Å². The maximum atomic E-state index is 12.2. The highest BCUT2D eigenvalue weighted by atomic mass is 16.5. The second-order valence-corrected chi connectivity index (χ2v) is 7.45. The van der Waals surface area contributed by atoms with E-state index in [9.17, 15) is 9.59 Å². The number of nitrogens with zero attached hydrogens (tertiary/aromatic N) is 3. The van der Waals surface area contributed by atoms with Crippen LogP contribution in [0.1, 0.15) is 42.7 Å². The number of anilines is 2. The summed E-state index contributed by atoms with van der Waals surface area (Å²) in [5.41, 5.74) is 1.80. The number of hydrogen-bond donors (Lipinski definition) is 1. The van der Waals surface area contributed by atoms with Crippen molar-refractivity contribution in [3.05, 3.63) is 41.6 Å². The van der Waals surface area contributed by atoms with E-state index < -0.39 is 5.97 Å². The highest BCUT2D eigenvalue weighted by Crippen LogP contribution is 2.22. The summed E-state index contributed by atoms with van der Waals surface area (Å²) in [7, 11) is 0. The van der Waals surface area contributed by atoms with E-state index in [4.69, 9.17) is 9.47 Å². The number of aromatic nitrogens is 2. The standard InChI is InChI=1S/C22H28N4O4/c1-4-29-21(28)17-5-7-18(8-6-17)24-19(27)14-30-20-13-16(3)23-22(25-20)26-11-9-15(2)10-12-26/h5-8,13,15H,4,9-12,14H2,1-3H3,(H,24,27). The van der Waals surface area contributed by atoms with Gasteiger partial charge in [-0.15, -0.1) is 0 Å². The molecule has 30 heavy (non-hydrogen) atoms. The normalized spacial score (nSPS) is 14.3. The number of carbonyl (C=O) groups excluding carboxylic acids is 2. The van der Waals surface area contributed by atoms with Crippen LogP contribution in [0.25, 0.3) is 0 Å². The third-order valence-corrected chi connectivity index (χ3v) is 4.92. The molecular formula is C22H28N4O4. The average molecular weight is 412 g/mol. The Morgan fingerprint density at radius 1 is 1.17 bits per heavy atom. The number of hydrogen-bond acceptors (Lipinski definition) is 7. The molecule has 1 aliphatic heterocycles. The van der Waals surface area contributed by atoms with Crippen LogP contribution in [-0.4, -0.2) is 48.1 Å². The van der Waals surface area contributed by atoms with Gasteiger partial charge in [0.05, 0.1) is 12.2 Å². The summed E-state index contributed by atoms with van der Waals surface area (Å²) in [6.45, 7) is 7.88. The van der Waals surface area contributed by atoms with Crippen LogP contribution in [0.2, 0.25) is 0 Å². The monoisotopic (exact) mass is 412 g/mol. The van der Waals surface area contributed by atoms with Crippen LogP contribution < -0.4 is 15.0 Å². The Hall–Kier alpha value is -3.16. The maximum absolute atomic E-state index is 12.2. The fraction of sp³-hybridized carbons (Fsp3) is 0.455. The summed E-state index contributed by atoms with van der Waals surface area (Å²) >= 11 is 0. The number of rotatable bonds is 7. The summed E-state index contributed by atoms with van der Waals surface area (Å²) in [4.78, 5) is 35.0. The highest BCUT2D eigenvalue weighted by molar-refractivity contribution is 5.93. The Labute approximate surface area is 176 Å². The molecule has 0 bridgehead atoms. The van der Waals surface area contributed by atoms with Gasteiger partial charge >= 0.3 is 5.97 Å². The summed E-state index contributed by atoms with van der Waals surface area (Å²) in [5.74, 6) is 1.04. The molecule has 1 aromatic carbocycles. The fourth-order valence-corrected chi connectivity index (χ4v) is 3.19. The van der Waals surface area contributed by atoms with Crippen molar-refractivity contribution in [2.24, 2.45) is 5.92 Å². The van der Waals surface area contributed by atoms with Crippen LogP contribution in [0.15, 0.2) is 30.3 Å². The molecule has 0 unspecified atom stereocenters. The third kappa shape index (κ3) is 5.92. The molecule has 1 saturated heterocycles. The van der Waals surface area contributed by atoms with Crippen molar-refractivity contribution in [1.29, 1.82) is 0 Å². The van der Waals surface area contributed by atoms with Crippen molar-refractivity contribution in [3.63, 3.8) is 0 Å². The van der Waals surface area contributed by atoms with E-state index in [1.165, 1.54) is 0 Å². The van der Waals surface area contributed by atoms with Crippen LogP contribution >= 0.6 is 0 Å². The molecule has 8 nitrogen and oxygen atoms in total. The van der Waals surface area contributed by atoms with Gasteiger partial charge in [0.15, 0.2) is 6.61 Å². The van der Waals surface area contributed by atoms with E-state index >= 15 is 0 Å². The topological polar surface area (TPSA) is 93.6 Å². The van der Waals surface area contributed by atoms with E-state index in [0.717, 1.165) is 37.5 Å². The number of aryl methyl sites for hydroxylation is 1. The molecule has 8 heteroatoms. The smallest absolute Gasteiger partial charge is 0.338 e. The molecule has 0 spiro atoms. The maximum Gasteiger partial charge on any atom is 0.338 e. The predicted octanol–water partition coefficient (Wildman–Crippen LogP) is 3.22. The first-order valence-electron chi connectivity index (χ1n) is 10.2. The molecule has 0 radical (unpaired) electrons. The van der Waals surface area contributed by atoms with Gasteiger partial charge in [-0.2, -0.15) is 4.98 Å². The van der Waals surface area contributed by atoms with Gasteiger partial charge in [-0.1, -0.05) is 6.92 Å². The lowest BCUT2D eigenvalue weighted by Crippen LogP contribution is -2.34. The van der Waals surface area contributed by atoms with Gasteiger partial charge in [0.2, 0.25) is 11.8 Å². The molecule has 1 N–H and O–H groups in total. The summed E-state index contributed by atoms with van der Waals surface area (Å²) < 4.78 is 10.5. The molecule has 3 rings (SSSR count). The second-order valence-electron chi connectivity index (χ2n) is 7.45. The average Bonchev–Trinajstić information content (AvgIpc) is 2.73. The quantitative estimate of drug-likeness (QED) is 0.698. The van der Waals surface area contributed by atoms with E-state index in [0.29, 0.717) is 29.7 Å². The molecule has 0 atom stereocenters. The number of nitrogens with one attached hydrogen (secondary N) is 1. The zero-order valence-electron chi connectivity index (χ0n) is 17.7. The molecule has 0 saturated carbocycles. The Balaban J connectivity index is 1.55. The van der Waals surface area contributed by atoms with Crippen LogP contribution in [0.3, 0.4) is 0 Å². The van der Waals surface area contributed by atoms with Crippen molar-refractivity contribution in [2.75, 3.05) is 36.5 Å². The van der Waals surface area contributed by atoms with Gasteiger partial charge in [0, 0.05) is 30.5 Å². The Morgan fingerprint density at radius 2 is 1.87 bits per heavy atom. The minimum atomic E-state index is -0.392. The third-order valence-electron chi connectivity index (χ3n) is 4.92. The van der Waals surface area contributed by atoms with Gasteiger partial charge in [-0.3, -0.25) is 4.79 Å². The molecule has 1 aromatic heterocycles. The molecule has 1 aliphatic rings. The van der Waals surface area contributed by atoms with Crippen molar-refractivity contribution in [1.82, 2.24) is 9.97 Å². The fourth-order valence-electron chi connectivity index (χ4n) is 3.19. The minimum Gasteiger partial charge on any atom is -0.467 e. The first-order chi connectivity index (χ1) is 14.4. The first kappa shape index (κ1) is 21.5. The summed E-state index contributed by atoms with van der Waals surface area (Å²) in [5, 5.41) is 2.74. The number of carbonyl (C=O) groups is 2. The molecule has 2 aromatic rings. The SMILES string of the molecule is CCOC(=O)c1ccc(NC(=O)COc2cc(C)nc(N3CCC(C)CC3)n2)cc1. The van der Waals surface area contributed by atoms with Gasteiger partial charge < -0.3 is 19.7 Å². The molecule has 0 aliphatic carbocycles. The lowest BCUT2D eigenvalue weighted by Gasteiger charge is -2.30. The summed E-state index contributed by atoms with van der Waals surface area (Å²) in [6.07, 6.45) is 2.23. The van der Waals surface area contributed by atoms with Gasteiger partial charge in [-0.25, -0.2) is 9.78 Å². The van der Waals surface area contributed by atoms with Crippen molar-refractivity contribution in [2.45, 2.75) is 33.6 Å². The van der Waals surface area contributed by atoms with Crippen molar-refractivity contribution < 1.29 is 19.1 Å². The molecule has 1 amide bonds. The van der Waals surface area contributed by atoms with E-state index in [1.54, 1.807) is 37.3 Å². The first-order valence-corrected chi connectivity index (χ1v) is 10.2. The highest BCUT2D eigenvalue weighted by Gasteiger charge is 2.19. The number of ether oxygens (including phenoxy) is 2. The molecular weight excluding hydrogens is 384 g/mol. The van der Waals surface area contributed by atoms with Crippen LogP contribution in [0.5, 0.6) is 5.88 Å². The van der Waals surface area contributed by atoms with Crippen LogP contribution in [0, 0.1) is 12.8 Å². The zero-order valence-corrected chi connectivity index (χ0v) is 17.7. The minimum absolute atomic E-state index is 0.174. The lowest BCUT2D eigenvalue weighted by molar-refractivity contribution is -0.118. The van der Waals surface area contributed by atoms with E-state index in [2.05, 4.69) is 27.1 Å². The molecule has 160 valence electrons. The van der Waals surface area contributed by atoms with Gasteiger partial charge in [-0.05, 0) is 56.9 Å². The van der Waals surface area contributed by atoms with Gasteiger partial charge in [0.1, 0.15) is 0 Å². The lowest BCUT2D eigenvalue weighted by atomic mass is 10.00. The second kappa shape index (κ2) is 10.0. The van der Waals surface area contributed by atoms with Crippen molar-refractivity contribution in [3.8, 4) is 5.88 Å². The molecule has 2 heterocycles. The van der Waals surface area contributed by atoms with E-state index in [1.807, 2.05) is 6.92 Å².